The zero-order chi connectivity index (χ0) is 23.1. The van der Waals surface area contributed by atoms with E-state index in [4.69, 9.17) is 5.11 Å². The molecule has 0 saturated carbocycles. The minimum absolute atomic E-state index is 0.0000285. The van der Waals surface area contributed by atoms with Gasteiger partial charge in [0.1, 0.15) is 0 Å². The summed E-state index contributed by atoms with van der Waals surface area (Å²) >= 11 is 1.12. The van der Waals surface area contributed by atoms with Gasteiger partial charge in [-0.3, -0.25) is 14.2 Å². The smallest absolute Gasteiger partial charge is 0.262 e. The molecule has 0 bridgehead atoms. The molecule has 0 aliphatic carbocycles. The second kappa shape index (κ2) is 10.6. The first-order valence-electron chi connectivity index (χ1n) is 9.59. The lowest BCUT2D eigenvalue weighted by Crippen LogP contribution is -2.26. The number of nitrogens with zero attached hydrogens (tertiary/aromatic N) is 2. The fourth-order valence-corrected chi connectivity index (χ4v) is 4.69. The maximum atomic E-state index is 12.7. The van der Waals surface area contributed by atoms with E-state index >= 15 is 0 Å². The number of thioether (sulfide) groups is 1. The maximum absolute atomic E-state index is 12.7. The summed E-state index contributed by atoms with van der Waals surface area (Å²) in [5.41, 5.74) is 0.768. The molecule has 11 heteroatoms. The molecule has 0 saturated heterocycles. The van der Waals surface area contributed by atoms with E-state index in [1.165, 1.54) is 28.8 Å². The van der Waals surface area contributed by atoms with E-state index in [0.717, 1.165) is 11.8 Å². The summed E-state index contributed by atoms with van der Waals surface area (Å²) < 4.78 is 27.8. The van der Waals surface area contributed by atoms with Crippen LogP contribution >= 0.6 is 11.8 Å². The third-order valence-corrected chi connectivity index (χ3v) is 6.78. The molecule has 0 unspecified atom stereocenters. The first-order chi connectivity index (χ1) is 15.4. The summed E-state index contributed by atoms with van der Waals surface area (Å²) in [6, 6.07) is 12.7. The Balaban J connectivity index is 1.70. The molecule has 0 radical (unpaired) electrons. The lowest BCUT2D eigenvalue weighted by atomic mass is 10.2. The van der Waals surface area contributed by atoms with Crippen LogP contribution in [0.3, 0.4) is 0 Å². The van der Waals surface area contributed by atoms with Crippen LogP contribution in [-0.2, 0) is 21.4 Å². The van der Waals surface area contributed by atoms with Gasteiger partial charge in [0.25, 0.3) is 5.56 Å². The number of carbonyl (C=O) groups excluding carboxylic acids is 1. The zero-order valence-corrected chi connectivity index (χ0v) is 18.7. The normalized spacial score (nSPS) is 11.4. The Bertz CT molecular complexity index is 1290. The molecule has 1 aromatic heterocycles. The van der Waals surface area contributed by atoms with Gasteiger partial charge in [-0.15, -0.1) is 6.58 Å². The molecular weight excluding hydrogens is 452 g/mol. The van der Waals surface area contributed by atoms with Gasteiger partial charge in [0.2, 0.25) is 15.9 Å². The van der Waals surface area contributed by atoms with Crippen LogP contribution in [0.25, 0.3) is 10.9 Å². The van der Waals surface area contributed by atoms with Crippen LogP contribution in [0.5, 0.6) is 0 Å². The summed E-state index contributed by atoms with van der Waals surface area (Å²) in [7, 11) is -3.72. The number of aromatic nitrogens is 2. The number of hydrogen-bond acceptors (Lipinski definition) is 7. The molecular formula is C21H22N4O5S2. The van der Waals surface area contributed by atoms with Crippen molar-refractivity contribution in [3.63, 3.8) is 0 Å². The van der Waals surface area contributed by atoms with Crippen LogP contribution in [0.1, 0.15) is 0 Å². The predicted molar refractivity (Wildman–Crippen MR) is 124 cm³/mol. The highest BCUT2D eigenvalue weighted by Gasteiger charge is 2.15. The zero-order valence-electron chi connectivity index (χ0n) is 17.0. The number of rotatable bonds is 10. The summed E-state index contributed by atoms with van der Waals surface area (Å²) in [6.07, 6.45) is 1.59. The Hall–Kier alpha value is -2.99. The summed E-state index contributed by atoms with van der Waals surface area (Å²) in [6.45, 7) is 3.55. The van der Waals surface area contributed by atoms with E-state index in [-0.39, 0.29) is 41.8 Å². The molecule has 3 rings (SSSR count). The van der Waals surface area contributed by atoms with Gasteiger partial charge in [-0.1, -0.05) is 30.0 Å². The Morgan fingerprint density at radius 1 is 1.19 bits per heavy atom. The number of sulfonamides is 1. The van der Waals surface area contributed by atoms with Crippen molar-refractivity contribution < 1.29 is 18.3 Å². The Morgan fingerprint density at radius 3 is 2.59 bits per heavy atom. The summed E-state index contributed by atoms with van der Waals surface area (Å²) in [5.74, 6) is -0.336. The lowest BCUT2D eigenvalue weighted by Gasteiger charge is -2.11. The first kappa shape index (κ1) is 23.7. The number of anilines is 1. The van der Waals surface area contributed by atoms with Crippen molar-refractivity contribution in [1.29, 1.82) is 0 Å². The van der Waals surface area contributed by atoms with Crippen LogP contribution in [-0.4, -0.2) is 47.9 Å². The van der Waals surface area contributed by atoms with Gasteiger partial charge < -0.3 is 10.4 Å². The number of carbonyl (C=O) groups is 1. The van der Waals surface area contributed by atoms with Gasteiger partial charge in [-0.2, -0.15) is 0 Å². The molecule has 0 fully saturated rings. The Kier molecular flexibility index (Phi) is 7.80. The van der Waals surface area contributed by atoms with Crippen molar-refractivity contribution in [3.05, 3.63) is 71.5 Å². The van der Waals surface area contributed by atoms with Crippen molar-refractivity contribution in [3.8, 4) is 0 Å². The van der Waals surface area contributed by atoms with Gasteiger partial charge >= 0.3 is 0 Å². The number of amides is 1. The molecule has 3 N–H and O–H groups in total. The number of aliphatic hydroxyl groups excluding tert-OH is 1. The third-order valence-electron chi connectivity index (χ3n) is 4.32. The highest BCUT2D eigenvalue weighted by atomic mass is 32.2. The molecule has 1 amide bonds. The highest BCUT2D eigenvalue weighted by Crippen LogP contribution is 2.19. The van der Waals surface area contributed by atoms with Crippen molar-refractivity contribution in [2.24, 2.45) is 0 Å². The lowest BCUT2D eigenvalue weighted by molar-refractivity contribution is -0.113. The average molecular weight is 475 g/mol. The third kappa shape index (κ3) is 5.62. The molecule has 0 aliphatic heterocycles. The number of nitrogens with one attached hydrogen (secondary N) is 2. The average Bonchev–Trinajstić information content (AvgIpc) is 2.79. The van der Waals surface area contributed by atoms with Crippen LogP contribution in [0.4, 0.5) is 5.69 Å². The van der Waals surface area contributed by atoms with Crippen LogP contribution in [0, 0.1) is 0 Å². The quantitative estimate of drug-likeness (QED) is 0.231. The molecule has 0 spiro atoms. The molecule has 1 heterocycles. The molecule has 3 aromatic rings. The minimum atomic E-state index is -3.72. The van der Waals surface area contributed by atoms with E-state index in [2.05, 4.69) is 21.6 Å². The second-order valence-electron chi connectivity index (χ2n) is 6.60. The molecule has 168 valence electrons. The number of aliphatic hydroxyl groups is 1. The number of allylic oxidation sites excluding steroid dienone is 1. The number of benzene rings is 2. The van der Waals surface area contributed by atoms with Crippen LogP contribution < -0.4 is 15.6 Å². The fourth-order valence-electron chi connectivity index (χ4n) is 2.86. The Morgan fingerprint density at radius 2 is 1.91 bits per heavy atom. The minimum Gasteiger partial charge on any atom is -0.395 e. The number of para-hydroxylation sites is 1. The predicted octanol–water partition coefficient (Wildman–Crippen LogP) is 1.58. The van der Waals surface area contributed by atoms with E-state index in [1.54, 1.807) is 30.3 Å². The Labute approximate surface area is 189 Å². The number of hydrogen-bond donors (Lipinski definition) is 3. The van der Waals surface area contributed by atoms with E-state index < -0.39 is 10.0 Å². The first-order valence-corrected chi connectivity index (χ1v) is 12.1. The summed E-state index contributed by atoms with van der Waals surface area (Å²) in [4.78, 5) is 29.7. The van der Waals surface area contributed by atoms with Crippen molar-refractivity contribution in [1.82, 2.24) is 14.3 Å². The van der Waals surface area contributed by atoms with E-state index in [0.29, 0.717) is 21.7 Å². The van der Waals surface area contributed by atoms with Crippen LogP contribution in [0.2, 0.25) is 0 Å². The van der Waals surface area contributed by atoms with E-state index in [1.807, 2.05) is 0 Å². The molecule has 9 nitrogen and oxygen atoms in total. The van der Waals surface area contributed by atoms with Crippen LogP contribution in [0.15, 0.2) is 76.0 Å². The van der Waals surface area contributed by atoms with Crippen molar-refractivity contribution in [2.75, 3.05) is 24.2 Å². The molecule has 0 atom stereocenters. The SMILES string of the molecule is C=CCn1c(SCC(=O)Nc2ccc(S(=O)(=O)NCCO)cc2)nc2ccccc2c1=O. The topological polar surface area (TPSA) is 130 Å². The van der Waals surface area contributed by atoms with Crippen molar-refractivity contribution >= 4 is 44.3 Å². The fraction of sp³-hybridized carbons (Fsp3) is 0.190. The van der Waals surface area contributed by atoms with Gasteiger partial charge in [-0.25, -0.2) is 18.1 Å². The second-order valence-corrected chi connectivity index (χ2v) is 9.31. The largest absolute Gasteiger partial charge is 0.395 e. The molecule has 32 heavy (non-hydrogen) atoms. The molecule has 0 aliphatic rings. The van der Waals surface area contributed by atoms with Gasteiger partial charge in [0.15, 0.2) is 5.16 Å². The van der Waals surface area contributed by atoms with Crippen molar-refractivity contribution in [2.45, 2.75) is 16.6 Å². The standard InChI is InChI=1S/C21H22N4O5S2/c1-2-12-25-20(28)17-5-3-4-6-18(17)24-21(25)31-14-19(27)23-15-7-9-16(10-8-15)32(29,30)22-11-13-26/h2-10,22,26H,1,11-14H2,(H,23,27). The van der Waals surface area contributed by atoms with Gasteiger partial charge in [0.05, 0.1) is 28.2 Å². The van der Waals surface area contributed by atoms with Gasteiger partial charge in [-0.05, 0) is 36.4 Å². The van der Waals surface area contributed by atoms with Gasteiger partial charge in [0, 0.05) is 18.8 Å². The van der Waals surface area contributed by atoms with E-state index in [9.17, 15) is 18.0 Å². The monoisotopic (exact) mass is 474 g/mol. The summed E-state index contributed by atoms with van der Waals surface area (Å²) in [5, 5.41) is 12.3. The number of fused-ring (bicyclic) bond motifs is 1. The maximum Gasteiger partial charge on any atom is 0.262 e. The highest BCUT2D eigenvalue weighted by molar-refractivity contribution is 7.99. The molecule has 2 aromatic carbocycles.